The zero-order chi connectivity index (χ0) is 24.3. The van der Waals surface area contributed by atoms with Crippen LogP contribution < -0.4 is 15.0 Å². The highest BCUT2D eigenvalue weighted by molar-refractivity contribution is 6.20. The second kappa shape index (κ2) is 9.61. The van der Waals surface area contributed by atoms with E-state index in [0.717, 1.165) is 25.9 Å². The molecule has 1 saturated heterocycles. The number of hydrogen-bond donors (Lipinski definition) is 1. The van der Waals surface area contributed by atoms with Gasteiger partial charge in [0.2, 0.25) is 0 Å². The molecule has 0 atom stereocenters. The summed E-state index contributed by atoms with van der Waals surface area (Å²) in [5.74, 6) is -0.711. The van der Waals surface area contributed by atoms with Gasteiger partial charge in [0, 0.05) is 47.7 Å². The molecule has 6 nitrogen and oxygen atoms in total. The molecule has 0 bridgehead atoms. The minimum atomic E-state index is -3.85. The van der Waals surface area contributed by atoms with E-state index in [9.17, 15) is 23.2 Å². The van der Waals surface area contributed by atoms with Gasteiger partial charge in [0.15, 0.2) is 0 Å². The van der Waals surface area contributed by atoms with Crippen LogP contribution >= 0.6 is 11.6 Å². The third-order valence-corrected chi connectivity index (χ3v) is 5.34. The Labute approximate surface area is 198 Å². The van der Waals surface area contributed by atoms with Crippen LogP contribution in [0.15, 0.2) is 54.7 Å². The number of carbonyl (C=O) groups excluding carboxylic acids is 1. The summed E-state index contributed by atoms with van der Waals surface area (Å²) in [5, 5.41) is 11.9. The average molecular weight is 487 g/mol. The van der Waals surface area contributed by atoms with E-state index < -0.39 is 17.3 Å². The van der Waals surface area contributed by atoms with Crippen molar-refractivity contribution in [1.29, 1.82) is 5.26 Å². The Balaban J connectivity index is 1.65. The van der Waals surface area contributed by atoms with Gasteiger partial charge in [0.05, 0.1) is 17.2 Å². The van der Waals surface area contributed by atoms with E-state index in [1.165, 1.54) is 54.7 Å². The number of hydrogen-bond acceptors (Lipinski definition) is 5. The quantitative estimate of drug-likeness (QED) is 0.447. The van der Waals surface area contributed by atoms with Crippen molar-refractivity contribution < 1.29 is 22.7 Å². The van der Waals surface area contributed by atoms with E-state index in [2.05, 4.69) is 15.0 Å². The number of aromatic nitrogens is 1. The van der Waals surface area contributed by atoms with Crippen molar-refractivity contribution in [2.75, 3.05) is 23.3 Å². The van der Waals surface area contributed by atoms with Crippen molar-refractivity contribution >= 4 is 29.0 Å². The van der Waals surface area contributed by atoms with E-state index in [0.29, 0.717) is 17.1 Å². The molecule has 174 valence electrons. The number of pyridine rings is 1. The van der Waals surface area contributed by atoms with Gasteiger partial charge in [-0.05, 0) is 61.4 Å². The van der Waals surface area contributed by atoms with Crippen molar-refractivity contribution in [3.8, 4) is 22.9 Å². The van der Waals surface area contributed by atoms with E-state index in [1.807, 2.05) is 11.0 Å². The van der Waals surface area contributed by atoms with E-state index in [-0.39, 0.29) is 22.4 Å². The summed E-state index contributed by atoms with van der Waals surface area (Å²) in [4.78, 5) is 19.3. The molecule has 0 unspecified atom stereocenters. The first-order valence-electron chi connectivity index (χ1n) is 10.4. The molecular weight excluding hydrogens is 469 g/mol. The molecule has 0 spiro atoms. The van der Waals surface area contributed by atoms with Crippen LogP contribution in [0.3, 0.4) is 0 Å². The van der Waals surface area contributed by atoms with Crippen molar-refractivity contribution in [2.24, 2.45) is 0 Å². The fourth-order valence-corrected chi connectivity index (χ4v) is 3.79. The molecule has 1 aliphatic rings. The molecule has 1 N–H and O–H groups in total. The van der Waals surface area contributed by atoms with Gasteiger partial charge < -0.3 is 15.0 Å². The fraction of sp³-hybridized carbons (Fsp3) is 0.208. The number of carbonyl (C=O) groups is 1. The molecule has 2 heterocycles. The Bertz CT molecular complexity index is 1250. The van der Waals surface area contributed by atoms with Gasteiger partial charge in [-0.15, -0.1) is 8.78 Å². The summed E-state index contributed by atoms with van der Waals surface area (Å²) in [6.07, 6.45) is 3.34. The lowest BCUT2D eigenvalue weighted by molar-refractivity contribution is -0.0964. The zero-order valence-corrected chi connectivity index (χ0v) is 18.5. The molecule has 1 amide bonds. The first-order chi connectivity index (χ1) is 16.2. The van der Waals surface area contributed by atoms with Crippen molar-refractivity contribution in [3.63, 3.8) is 0 Å². The third-order valence-electron chi connectivity index (χ3n) is 5.27. The molecule has 34 heavy (non-hydrogen) atoms. The van der Waals surface area contributed by atoms with Crippen LogP contribution in [-0.4, -0.2) is 29.5 Å². The number of alkyl halides is 3. The highest BCUT2D eigenvalue weighted by Gasteiger charge is 2.27. The normalized spacial score (nSPS) is 13.4. The standard InChI is InChI=1S/C24H18ClF3N4O2/c25-24(27,28)34-18-6-4-17(5-7-18)31-23(33)16-12-20(19-11-15(13-29)3-8-21(19)26)22(30-14-16)32-9-1-2-10-32/h3-8,11-12,14H,1-2,9-10H2,(H,31,33). The lowest BCUT2D eigenvalue weighted by Crippen LogP contribution is -2.21. The SMILES string of the molecule is N#Cc1ccc(F)c(-c2cc(C(=O)Nc3ccc(OC(F)(F)Cl)cc3)cnc2N2CCCC2)c1. The number of halogens is 4. The molecule has 1 aliphatic heterocycles. The molecule has 10 heteroatoms. The highest BCUT2D eigenvalue weighted by Crippen LogP contribution is 2.34. The predicted molar refractivity (Wildman–Crippen MR) is 122 cm³/mol. The third kappa shape index (κ3) is 5.41. The van der Waals surface area contributed by atoms with Gasteiger partial charge in [-0.25, -0.2) is 9.37 Å². The lowest BCUT2D eigenvalue weighted by Gasteiger charge is -2.21. The van der Waals surface area contributed by atoms with E-state index in [4.69, 9.17) is 11.6 Å². The number of benzene rings is 2. The first-order valence-corrected chi connectivity index (χ1v) is 10.7. The Morgan fingerprint density at radius 3 is 2.47 bits per heavy atom. The average Bonchev–Trinajstić information content (AvgIpc) is 3.34. The van der Waals surface area contributed by atoms with Crippen LogP contribution in [0, 0.1) is 17.1 Å². The van der Waals surface area contributed by atoms with Gasteiger partial charge >= 0.3 is 5.57 Å². The number of rotatable bonds is 6. The van der Waals surface area contributed by atoms with Gasteiger partial charge in [-0.2, -0.15) is 5.26 Å². The minimum absolute atomic E-state index is 0.160. The Morgan fingerprint density at radius 1 is 1.12 bits per heavy atom. The van der Waals surface area contributed by atoms with Crippen LogP contribution in [-0.2, 0) is 0 Å². The summed E-state index contributed by atoms with van der Waals surface area (Å²) in [7, 11) is 0. The van der Waals surface area contributed by atoms with Crippen LogP contribution in [0.25, 0.3) is 11.1 Å². The maximum Gasteiger partial charge on any atom is 0.487 e. The first kappa shape index (κ1) is 23.4. The fourth-order valence-electron chi connectivity index (χ4n) is 3.71. The number of nitrogens with one attached hydrogen (secondary N) is 1. The van der Waals surface area contributed by atoms with Gasteiger partial charge in [0.25, 0.3) is 5.91 Å². The largest absolute Gasteiger partial charge is 0.487 e. The second-order valence-electron chi connectivity index (χ2n) is 7.62. The summed E-state index contributed by atoms with van der Waals surface area (Å²) in [6, 6.07) is 12.8. The van der Waals surface area contributed by atoms with Crippen LogP contribution in [0.5, 0.6) is 5.75 Å². The smallest absolute Gasteiger partial charge is 0.420 e. The van der Waals surface area contributed by atoms with Gasteiger partial charge in [0.1, 0.15) is 17.4 Å². The van der Waals surface area contributed by atoms with Crippen molar-refractivity contribution in [1.82, 2.24) is 4.98 Å². The number of amides is 1. The molecule has 0 saturated carbocycles. The lowest BCUT2D eigenvalue weighted by atomic mass is 10.0. The van der Waals surface area contributed by atoms with E-state index in [1.54, 1.807) is 0 Å². The summed E-state index contributed by atoms with van der Waals surface area (Å²) < 4.78 is 44.5. The summed E-state index contributed by atoms with van der Waals surface area (Å²) in [5.41, 5.74) is -2.51. The van der Waals surface area contributed by atoms with Gasteiger partial charge in [-0.3, -0.25) is 4.79 Å². The van der Waals surface area contributed by atoms with Crippen LogP contribution in [0.4, 0.5) is 24.7 Å². The summed E-state index contributed by atoms with van der Waals surface area (Å²) in [6.45, 7) is 1.50. The number of anilines is 2. The van der Waals surface area contributed by atoms with Gasteiger partial charge in [-0.1, -0.05) is 0 Å². The Morgan fingerprint density at radius 2 is 1.82 bits per heavy atom. The Hall–Kier alpha value is -3.77. The number of nitrogens with zero attached hydrogens (tertiary/aromatic N) is 3. The summed E-state index contributed by atoms with van der Waals surface area (Å²) >= 11 is 4.75. The molecule has 0 aliphatic carbocycles. The molecule has 3 aromatic rings. The second-order valence-corrected chi connectivity index (χ2v) is 8.06. The Kier molecular flexibility index (Phi) is 6.61. The number of ether oxygens (including phenoxy) is 1. The monoisotopic (exact) mass is 486 g/mol. The molecular formula is C24H18ClF3N4O2. The van der Waals surface area contributed by atoms with E-state index >= 15 is 0 Å². The predicted octanol–water partition coefficient (Wildman–Crippen LogP) is 5.78. The topological polar surface area (TPSA) is 78.2 Å². The van der Waals surface area contributed by atoms with Crippen LogP contribution in [0.2, 0.25) is 0 Å². The molecule has 1 fully saturated rings. The molecule has 0 radical (unpaired) electrons. The molecule has 1 aromatic heterocycles. The number of nitriles is 1. The van der Waals surface area contributed by atoms with Crippen molar-refractivity contribution in [3.05, 3.63) is 71.7 Å². The zero-order valence-electron chi connectivity index (χ0n) is 17.7. The maximum absolute atomic E-state index is 14.8. The van der Waals surface area contributed by atoms with Crippen LogP contribution in [0.1, 0.15) is 28.8 Å². The molecule has 4 rings (SSSR count). The highest BCUT2D eigenvalue weighted by atomic mass is 35.5. The molecule has 2 aromatic carbocycles. The maximum atomic E-state index is 14.8. The minimum Gasteiger partial charge on any atom is -0.420 e. The van der Waals surface area contributed by atoms with Crippen molar-refractivity contribution in [2.45, 2.75) is 18.4 Å².